The molecule has 0 rings (SSSR count). The average molecular weight is 189 g/mol. The van der Waals surface area contributed by atoms with E-state index in [0.29, 0.717) is 13.0 Å². The van der Waals surface area contributed by atoms with Crippen molar-refractivity contribution < 1.29 is 14.6 Å². The second kappa shape index (κ2) is 6.86. The first kappa shape index (κ1) is 12.4. The molecule has 0 saturated heterocycles. The van der Waals surface area contributed by atoms with Crippen LogP contribution < -0.4 is 5.32 Å². The van der Waals surface area contributed by atoms with Gasteiger partial charge in [0.05, 0.1) is 7.11 Å². The zero-order valence-electron chi connectivity index (χ0n) is 8.54. The number of esters is 1. The fourth-order valence-corrected chi connectivity index (χ4v) is 1.05. The lowest BCUT2D eigenvalue weighted by atomic mass is 10.0. The SMILES string of the molecule is COC(=O)[C@H](NCCCO)C(C)C. The molecule has 0 aromatic heterocycles. The molecule has 0 bridgehead atoms. The minimum absolute atomic E-state index is 0.138. The van der Waals surface area contributed by atoms with Crippen molar-refractivity contribution in [3.63, 3.8) is 0 Å². The summed E-state index contributed by atoms with van der Waals surface area (Å²) in [5.74, 6) is -0.0425. The van der Waals surface area contributed by atoms with Gasteiger partial charge in [0, 0.05) is 6.61 Å². The molecule has 4 heteroatoms. The van der Waals surface area contributed by atoms with Crippen LogP contribution in [0.1, 0.15) is 20.3 Å². The lowest BCUT2D eigenvalue weighted by Gasteiger charge is -2.19. The third-order valence-corrected chi connectivity index (χ3v) is 1.82. The molecular weight excluding hydrogens is 170 g/mol. The summed E-state index contributed by atoms with van der Waals surface area (Å²) in [5, 5.41) is 11.6. The highest BCUT2D eigenvalue weighted by Crippen LogP contribution is 2.03. The van der Waals surface area contributed by atoms with Crippen LogP contribution in [-0.2, 0) is 9.53 Å². The van der Waals surface area contributed by atoms with Crippen LogP contribution in [0.25, 0.3) is 0 Å². The van der Waals surface area contributed by atoms with E-state index in [4.69, 9.17) is 5.11 Å². The highest BCUT2D eigenvalue weighted by molar-refractivity contribution is 5.75. The van der Waals surface area contributed by atoms with Crippen LogP contribution in [0.2, 0.25) is 0 Å². The van der Waals surface area contributed by atoms with Gasteiger partial charge in [-0.15, -0.1) is 0 Å². The number of hydrogen-bond acceptors (Lipinski definition) is 4. The van der Waals surface area contributed by atoms with E-state index in [-0.39, 0.29) is 24.5 Å². The number of aliphatic hydroxyl groups excluding tert-OH is 1. The van der Waals surface area contributed by atoms with E-state index in [0.717, 1.165) is 0 Å². The van der Waals surface area contributed by atoms with Crippen molar-refractivity contribution in [3.8, 4) is 0 Å². The Hall–Kier alpha value is -0.610. The predicted octanol–water partition coefficient (Wildman–Crippen LogP) is 0.156. The van der Waals surface area contributed by atoms with Gasteiger partial charge in [-0.25, -0.2) is 0 Å². The Morgan fingerprint density at radius 1 is 1.54 bits per heavy atom. The molecule has 0 aliphatic carbocycles. The number of aliphatic hydroxyl groups is 1. The average Bonchev–Trinajstić information content (AvgIpc) is 2.11. The molecule has 0 aromatic carbocycles. The normalized spacial score (nSPS) is 13.0. The summed E-state index contributed by atoms with van der Waals surface area (Å²) in [6, 6.07) is -0.267. The van der Waals surface area contributed by atoms with Gasteiger partial charge in [0.1, 0.15) is 6.04 Å². The predicted molar refractivity (Wildman–Crippen MR) is 50.3 cm³/mol. The fourth-order valence-electron chi connectivity index (χ4n) is 1.05. The van der Waals surface area contributed by atoms with Crippen LogP contribution in [-0.4, -0.2) is 37.4 Å². The lowest BCUT2D eigenvalue weighted by Crippen LogP contribution is -2.42. The monoisotopic (exact) mass is 189 g/mol. The van der Waals surface area contributed by atoms with Gasteiger partial charge in [0.25, 0.3) is 0 Å². The van der Waals surface area contributed by atoms with E-state index in [1.165, 1.54) is 7.11 Å². The zero-order valence-corrected chi connectivity index (χ0v) is 8.54. The largest absolute Gasteiger partial charge is 0.468 e. The second-order valence-electron chi connectivity index (χ2n) is 3.28. The van der Waals surface area contributed by atoms with Crippen molar-refractivity contribution in [2.24, 2.45) is 5.92 Å². The van der Waals surface area contributed by atoms with Crippen molar-refractivity contribution in [1.29, 1.82) is 0 Å². The molecular formula is C9H19NO3. The van der Waals surface area contributed by atoms with Gasteiger partial charge in [-0.2, -0.15) is 0 Å². The minimum Gasteiger partial charge on any atom is -0.468 e. The van der Waals surface area contributed by atoms with E-state index in [1.54, 1.807) is 0 Å². The molecule has 78 valence electrons. The number of methoxy groups -OCH3 is 1. The van der Waals surface area contributed by atoms with E-state index in [1.807, 2.05) is 13.8 Å². The molecule has 0 spiro atoms. The zero-order chi connectivity index (χ0) is 10.3. The Morgan fingerprint density at radius 2 is 2.15 bits per heavy atom. The standard InChI is InChI=1S/C9H19NO3/c1-7(2)8(9(12)13-3)10-5-4-6-11/h7-8,10-11H,4-6H2,1-3H3/t8-/m1/s1. The topological polar surface area (TPSA) is 58.6 Å². The van der Waals surface area contributed by atoms with Crippen LogP contribution in [0, 0.1) is 5.92 Å². The first-order valence-electron chi connectivity index (χ1n) is 4.55. The van der Waals surface area contributed by atoms with E-state index in [9.17, 15) is 4.79 Å². The van der Waals surface area contributed by atoms with E-state index >= 15 is 0 Å². The highest BCUT2D eigenvalue weighted by Gasteiger charge is 2.21. The third-order valence-electron chi connectivity index (χ3n) is 1.82. The van der Waals surface area contributed by atoms with E-state index in [2.05, 4.69) is 10.1 Å². The van der Waals surface area contributed by atoms with Gasteiger partial charge in [-0.05, 0) is 18.9 Å². The van der Waals surface area contributed by atoms with Crippen LogP contribution >= 0.6 is 0 Å². The molecule has 0 aliphatic rings. The summed E-state index contributed by atoms with van der Waals surface area (Å²) < 4.78 is 4.64. The van der Waals surface area contributed by atoms with Gasteiger partial charge in [0.2, 0.25) is 0 Å². The van der Waals surface area contributed by atoms with Gasteiger partial charge in [0.15, 0.2) is 0 Å². The first-order valence-corrected chi connectivity index (χ1v) is 4.55. The Balaban J connectivity index is 3.88. The van der Waals surface area contributed by atoms with Crippen molar-refractivity contribution in [2.45, 2.75) is 26.3 Å². The van der Waals surface area contributed by atoms with E-state index < -0.39 is 0 Å². The van der Waals surface area contributed by atoms with Gasteiger partial charge < -0.3 is 15.2 Å². The smallest absolute Gasteiger partial charge is 0.323 e. The quantitative estimate of drug-likeness (QED) is 0.461. The maximum atomic E-state index is 11.2. The molecule has 0 amide bonds. The number of carbonyl (C=O) groups is 1. The summed E-state index contributed by atoms with van der Waals surface area (Å²) in [6.45, 7) is 4.68. The summed E-state index contributed by atoms with van der Waals surface area (Å²) in [5.41, 5.74) is 0. The fraction of sp³-hybridized carbons (Fsp3) is 0.889. The maximum Gasteiger partial charge on any atom is 0.323 e. The number of rotatable bonds is 6. The lowest BCUT2D eigenvalue weighted by molar-refractivity contribution is -0.144. The second-order valence-corrected chi connectivity index (χ2v) is 3.28. The van der Waals surface area contributed by atoms with Crippen molar-refractivity contribution in [3.05, 3.63) is 0 Å². The van der Waals surface area contributed by atoms with Crippen LogP contribution in [0.5, 0.6) is 0 Å². The Morgan fingerprint density at radius 3 is 2.54 bits per heavy atom. The maximum absolute atomic E-state index is 11.2. The van der Waals surface area contributed by atoms with Gasteiger partial charge in [-0.1, -0.05) is 13.8 Å². The number of carbonyl (C=O) groups excluding carboxylic acids is 1. The molecule has 0 heterocycles. The van der Waals surface area contributed by atoms with Crippen molar-refractivity contribution in [2.75, 3.05) is 20.3 Å². The molecule has 2 N–H and O–H groups in total. The van der Waals surface area contributed by atoms with Crippen LogP contribution in [0.15, 0.2) is 0 Å². The number of nitrogens with one attached hydrogen (secondary N) is 1. The molecule has 1 atom stereocenters. The third kappa shape index (κ3) is 4.85. The van der Waals surface area contributed by atoms with Crippen LogP contribution in [0.3, 0.4) is 0 Å². The number of hydrogen-bond donors (Lipinski definition) is 2. The van der Waals surface area contributed by atoms with Crippen molar-refractivity contribution >= 4 is 5.97 Å². The van der Waals surface area contributed by atoms with Gasteiger partial charge in [-0.3, -0.25) is 4.79 Å². The minimum atomic E-state index is -0.267. The molecule has 0 aromatic rings. The van der Waals surface area contributed by atoms with Crippen LogP contribution in [0.4, 0.5) is 0 Å². The van der Waals surface area contributed by atoms with Crippen molar-refractivity contribution in [1.82, 2.24) is 5.32 Å². The molecule has 0 saturated carbocycles. The molecule has 0 unspecified atom stereocenters. The molecule has 0 radical (unpaired) electrons. The molecule has 4 nitrogen and oxygen atoms in total. The highest BCUT2D eigenvalue weighted by atomic mass is 16.5. The molecule has 13 heavy (non-hydrogen) atoms. The Kier molecular flexibility index (Phi) is 6.54. The Bertz CT molecular complexity index is 148. The summed E-state index contributed by atoms with van der Waals surface area (Å²) in [6.07, 6.45) is 0.653. The summed E-state index contributed by atoms with van der Waals surface area (Å²) in [4.78, 5) is 11.2. The summed E-state index contributed by atoms with van der Waals surface area (Å²) >= 11 is 0. The Labute approximate surface area is 79.3 Å². The number of ether oxygens (including phenoxy) is 1. The first-order chi connectivity index (χ1) is 6.13. The molecule has 0 fully saturated rings. The van der Waals surface area contributed by atoms with Gasteiger partial charge >= 0.3 is 5.97 Å². The molecule has 0 aliphatic heterocycles. The summed E-state index contributed by atoms with van der Waals surface area (Å²) in [7, 11) is 1.38.